The average Bonchev–Trinajstić information content (AvgIpc) is 3.24. The highest BCUT2D eigenvalue weighted by atomic mass is 16.7. The molecule has 0 aliphatic carbocycles. The Kier molecular flexibility index (Phi) is 8.41. The lowest BCUT2D eigenvalue weighted by atomic mass is 10.00. The van der Waals surface area contributed by atoms with Crippen LogP contribution in [0.1, 0.15) is 6.92 Å². The first-order valence-electron chi connectivity index (χ1n) is 13.0. The van der Waals surface area contributed by atoms with Crippen molar-refractivity contribution in [3.8, 4) is 40.1 Å². The molecular weight excluding hydrogens is 580 g/mol. The van der Waals surface area contributed by atoms with Crippen molar-refractivity contribution in [3.63, 3.8) is 0 Å². The highest BCUT2D eigenvalue weighted by Crippen LogP contribution is 2.39. The topological polar surface area (TPSA) is 269 Å². The van der Waals surface area contributed by atoms with Crippen LogP contribution < -0.4 is 10.2 Å². The van der Waals surface area contributed by atoms with Crippen molar-refractivity contribution in [1.82, 2.24) is 0 Å². The first kappa shape index (κ1) is 30.7. The zero-order valence-corrected chi connectivity index (χ0v) is 22.3. The number of hydrogen-bond donors (Lipinski definition) is 10. The second-order valence-electron chi connectivity index (χ2n) is 10.3. The first-order valence-corrected chi connectivity index (χ1v) is 13.0. The standard InChI is InChI=1S/C27H30O16/c1-8-17(33)19(35)21(37)26(40-8)39-7-14(32)24-20(36)22(38)27(42-24)43-25-18(34)16-13(31)5-10(28)6-15(16)41-23(25)9-2-3-11(29)12(30)4-9/h2-6,8,14,17,19-22,24,26-33,35-38H,7H2,1H3. The summed E-state index contributed by atoms with van der Waals surface area (Å²) in [7, 11) is 0. The third-order valence-corrected chi connectivity index (χ3v) is 7.26. The Bertz CT molecular complexity index is 1540. The Hall–Kier alpha value is -3.71. The first-order chi connectivity index (χ1) is 20.3. The number of aliphatic hydroxyl groups excluding tert-OH is 6. The highest BCUT2D eigenvalue weighted by Gasteiger charge is 2.49. The lowest BCUT2D eigenvalue weighted by molar-refractivity contribution is -0.299. The van der Waals surface area contributed by atoms with Crippen molar-refractivity contribution in [2.75, 3.05) is 6.61 Å². The van der Waals surface area contributed by atoms with Gasteiger partial charge in [0.1, 0.15) is 65.2 Å². The van der Waals surface area contributed by atoms with Gasteiger partial charge in [-0.25, -0.2) is 0 Å². The molecule has 0 spiro atoms. The molecule has 0 bridgehead atoms. The lowest BCUT2D eigenvalue weighted by Gasteiger charge is -2.39. The van der Waals surface area contributed by atoms with Crippen LogP contribution in [0.15, 0.2) is 39.5 Å². The maximum Gasteiger partial charge on any atom is 0.239 e. The minimum Gasteiger partial charge on any atom is -0.508 e. The number of fused-ring (bicyclic) bond motifs is 1. The minimum absolute atomic E-state index is 0.0160. The van der Waals surface area contributed by atoms with Gasteiger partial charge in [-0.2, -0.15) is 0 Å². The van der Waals surface area contributed by atoms with Crippen molar-refractivity contribution in [1.29, 1.82) is 0 Å². The van der Waals surface area contributed by atoms with Crippen LogP contribution in [0.2, 0.25) is 0 Å². The molecule has 2 saturated heterocycles. The van der Waals surface area contributed by atoms with Gasteiger partial charge in [0.05, 0.1) is 12.7 Å². The molecule has 10 atom stereocenters. The van der Waals surface area contributed by atoms with Crippen molar-refractivity contribution in [2.45, 2.75) is 68.3 Å². The highest BCUT2D eigenvalue weighted by molar-refractivity contribution is 5.88. The van der Waals surface area contributed by atoms with Crippen molar-refractivity contribution in [2.24, 2.45) is 0 Å². The van der Waals surface area contributed by atoms with Gasteiger partial charge >= 0.3 is 0 Å². The second kappa shape index (κ2) is 11.8. The van der Waals surface area contributed by atoms with E-state index in [9.17, 15) is 55.9 Å². The third kappa shape index (κ3) is 5.67. The van der Waals surface area contributed by atoms with Gasteiger partial charge in [0.25, 0.3) is 0 Å². The van der Waals surface area contributed by atoms with Gasteiger partial charge < -0.3 is 74.4 Å². The summed E-state index contributed by atoms with van der Waals surface area (Å²) >= 11 is 0. The van der Waals surface area contributed by atoms with Crippen molar-refractivity contribution in [3.05, 3.63) is 40.6 Å². The summed E-state index contributed by atoms with van der Waals surface area (Å²) in [6.07, 6.45) is -15.8. The lowest BCUT2D eigenvalue weighted by Crippen LogP contribution is -2.57. The minimum atomic E-state index is -1.86. The molecule has 43 heavy (non-hydrogen) atoms. The summed E-state index contributed by atoms with van der Waals surface area (Å²) in [4.78, 5) is 13.5. The number of rotatable bonds is 7. The Morgan fingerprint density at radius 2 is 1.51 bits per heavy atom. The number of phenolic OH excluding ortho intramolecular Hbond substituents is 4. The van der Waals surface area contributed by atoms with Crippen LogP contribution in [-0.2, 0) is 14.2 Å². The number of aromatic hydroxyl groups is 4. The number of phenols is 4. The molecule has 3 heterocycles. The van der Waals surface area contributed by atoms with Gasteiger partial charge in [-0.1, -0.05) is 0 Å². The van der Waals surface area contributed by atoms with Crippen LogP contribution in [0, 0.1) is 0 Å². The summed E-state index contributed by atoms with van der Waals surface area (Å²) in [5, 5.41) is 101. The molecule has 0 saturated carbocycles. The van der Waals surface area contributed by atoms with E-state index in [0.717, 1.165) is 24.3 Å². The van der Waals surface area contributed by atoms with E-state index in [1.807, 2.05) is 0 Å². The summed E-state index contributed by atoms with van der Waals surface area (Å²) in [5.74, 6) is -3.25. The molecule has 2 fully saturated rings. The molecule has 2 aliphatic rings. The van der Waals surface area contributed by atoms with Crippen molar-refractivity contribution >= 4 is 11.0 Å². The molecule has 10 N–H and O–H groups in total. The maximum atomic E-state index is 13.5. The predicted molar refractivity (Wildman–Crippen MR) is 140 cm³/mol. The van der Waals surface area contributed by atoms with E-state index in [-0.39, 0.29) is 16.9 Å². The zero-order chi connectivity index (χ0) is 31.3. The van der Waals surface area contributed by atoms with Crippen molar-refractivity contribution < 1.29 is 74.4 Å². The number of ether oxygens (including phenoxy) is 4. The van der Waals surface area contributed by atoms with Gasteiger partial charge in [0, 0.05) is 17.7 Å². The molecule has 16 nitrogen and oxygen atoms in total. The van der Waals surface area contributed by atoms with E-state index in [1.165, 1.54) is 13.0 Å². The zero-order valence-electron chi connectivity index (χ0n) is 22.3. The third-order valence-electron chi connectivity index (χ3n) is 7.26. The van der Waals surface area contributed by atoms with E-state index in [2.05, 4.69) is 0 Å². The molecule has 10 unspecified atom stereocenters. The number of hydrogen-bond acceptors (Lipinski definition) is 16. The predicted octanol–water partition coefficient (Wildman–Crippen LogP) is -1.69. The molecular formula is C27H30O16. The van der Waals surface area contributed by atoms with E-state index in [0.29, 0.717) is 0 Å². The van der Waals surface area contributed by atoms with Gasteiger partial charge in [0.15, 0.2) is 23.5 Å². The van der Waals surface area contributed by atoms with E-state index < -0.39 is 108 Å². The van der Waals surface area contributed by atoms with Crippen LogP contribution in [0.25, 0.3) is 22.3 Å². The molecule has 2 aromatic carbocycles. The Morgan fingerprint density at radius 3 is 2.21 bits per heavy atom. The van der Waals surface area contributed by atoms with Gasteiger partial charge in [-0.05, 0) is 25.1 Å². The summed E-state index contributed by atoms with van der Waals surface area (Å²) in [6.45, 7) is 0.778. The normalized spacial score (nSPS) is 31.7. The fraction of sp³-hybridized carbons (Fsp3) is 0.444. The summed E-state index contributed by atoms with van der Waals surface area (Å²) < 4.78 is 27.5. The maximum absolute atomic E-state index is 13.5. The molecule has 234 valence electrons. The largest absolute Gasteiger partial charge is 0.508 e. The fourth-order valence-electron chi connectivity index (χ4n) is 4.87. The van der Waals surface area contributed by atoms with Crippen LogP contribution in [-0.4, -0.2) is 119 Å². The van der Waals surface area contributed by atoms with E-state index in [4.69, 9.17) is 23.4 Å². The smallest absolute Gasteiger partial charge is 0.239 e. The van der Waals surface area contributed by atoms with Gasteiger partial charge in [0.2, 0.25) is 17.5 Å². The van der Waals surface area contributed by atoms with Crippen LogP contribution in [0.5, 0.6) is 28.7 Å². The number of aliphatic hydroxyl groups is 6. The number of benzene rings is 2. The second-order valence-corrected chi connectivity index (χ2v) is 10.3. The summed E-state index contributed by atoms with van der Waals surface area (Å²) in [5.41, 5.74) is -1.30. The molecule has 0 radical (unpaired) electrons. The average molecular weight is 611 g/mol. The van der Waals surface area contributed by atoms with E-state index in [1.54, 1.807) is 0 Å². The SMILES string of the molecule is CC1OC(OCC(O)C2OC(Oc3c(-c4ccc(O)c(O)c4)oc4cc(O)cc(O)c4c3=O)C(O)C2O)C(O)C(O)C1O. The quantitative estimate of drug-likeness (QED) is 0.134. The molecule has 2 aliphatic heterocycles. The molecule has 16 heteroatoms. The Morgan fingerprint density at radius 1 is 0.814 bits per heavy atom. The summed E-state index contributed by atoms with van der Waals surface area (Å²) in [6, 6.07) is 5.27. The van der Waals surface area contributed by atoms with Crippen LogP contribution in [0.3, 0.4) is 0 Å². The fourth-order valence-corrected chi connectivity index (χ4v) is 4.87. The Labute approximate surface area is 241 Å². The van der Waals surface area contributed by atoms with Crippen LogP contribution >= 0.6 is 0 Å². The van der Waals surface area contributed by atoms with Gasteiger partial charge in [-0.3, -0.25) is 4.79 Å². The van der Waals surface area contributed by atoms with Gasteiger partial charge in [-0.15, -0.1) is 0 Å². The van der Waals surface area contributed by atoms with Crippen LogP contribution in [0.4, 0.5) is 0 Å². The molecule has 5 rings (SSSR count). The molecule has 3 aromatic rings. The molecule has 0 amide bonds. The molecule has 1 aromatic heterocycles. The van der Waals surface area contributed by atoms with E-state index >= 15 is 0 Å². The monoisotopic (exact) mass is 610 g/mol. The Balaban J connectivity index is 1.41.